The molecule has 0 spiro atoms. The zero-order valence-electron chi connectivity index (χ0n) is 16.8. The molecule has 0 saturated carbocycles. The van der Waals surface area contributed by atoms with Gasteiger partial charge >= 0.3 is 0 Å². The molecule has 2 N–H and O–H groups in total. The number of rotatable bonds is 3. The van der Waals surface area contributed by atoms with Gasteiger partial charge in [-0.05, 0) is 24.6 Å². The smallest absolute Gasteiger partial charge is 0.199 e. The first-order chi connectivity index (χ1) is 14.4. The lowest BCUT2D eigenvalue weighted by molar-refractivity contribution is -0.0534. The Balaban J connectivity index is 1.30. The van der Waals surface area contributed by atoms with Crippen molar-refractivity contribution in [3.63, 3.8) is 0 Å². The normalized spacial score (nSPS) is 24.4. The topological polar surface area (TPSA) is 87.0 Å². The molecule has 2 aliphatic rings. The standard InChI is InChI=1S/C20H23F2N7O/c1-27-10-24-26-20(27)19-25-16-7-29(8-17(16)28(19)2)12-6-15(23)18(30-9-12)13-5-11(21)3-4-14(13)22/h3-5,10,12,15,18H,6-9,23H2,1-2H3/t12-,15+,18-/m1/s1. The molecule has 0 aliphatic carbocycles. The van der Waals surface area contributed by atoms with E-state index in [1.807, 2.05) is 23.2 Å². The van der Waals surface area contributed by atoms with Crippen molar-refractivity contribution in [2.24, 2.45) is 19.8 Å². The SMILES string of the molecule is Cn1cnnc1-c1nc2c(n1C)CN([C@H]1CO[C@H](c3cc(F)ccc3F)[C@@H](N)C1)C2. The molecule has 3 aromatic rings. The number of imidazole rings is 1. The summed E-state index contributed by atoms with van der Waals surface area (Å²) >= 11 is 0. The minimum absolute atomic E-state index is 0.0837. The van der Waals surface area contributed by atoms with E-state index in [-0.39, 0.29) is 11.6 Å². The van der Waals surface area contributed by atoms with E-state index in [1.165, 1.54) is 6.07 Å². The highest BCUT2D eigenvalue weighted by Gasteiger charge is 2.38. The highest BCUT2D eigenvalue weighted by Crippen LogP contribution is 2.35. The van der Waals surface area contributed by atoms with Crippen molar-refractivity contribution in [1.82, 2.24) is 29.2 Å². The minimum atomic E-state index is -0.650. The molecule has 2 aliphatic heterocycles. The number of hydrogen-bond acceptors (Lipinski definition) is 6. The first-order valence-corrected chi connectivity index (χ1v) is 9.87. The first-order valence-electron chi connectivity index (χ1n) is 9.87. The van der Waals surface area contributed by atoms with E-state index in [2.05, 4.69) is 15.1 Å². The average Bonchev–Trinajstić information content (AvgIpc) is 3.40. The fourth-order valence-electron chi connectivity index (χ4n) is 4.45. The molecule has 0 bridgehead atoms. The number of ether oxygens (including phenoxy) is 1. The Morgan fingerprint density at radius 1 is 1.17 bits per heavy atom. The maximum Gasteiger partial charge on any atom is 0.199 e. The molecule has 10 heteroatoms. The van der Waals surface area contributed by atoms with E-state index in [9.17, 15) is 8.78 Å². The quantitative estimate of drug-likeness (QED) is 0.700. The Morgan fingerprint density at radius 3 is 2.70 bits per heavy atom. The molecular formula is C20H23F2N7O. The van der Waals surface area contributed by atoms with Crippen LogP contribution >= 0.6 is 0 Å². The minimum Gasteiger partial charge on any atom is -0.370 e. The fraction of sp³-hybridized carbons (Fsp3) is 0.450. The predicted octanol–water partition coefficient (Wildman–Crippen LogP) is 1.67. The van der Waals surface area contributed by atoms with Crippen molar-refractivity contribution in [1.29, 1.82) is 0 Å². The summed E-state index contributed by atoms with van der Waals surface area (Å²) < 4.78 is 37.5. The summed E-state index contributed by atoms with van der Waals surface area (Å²) in [5.74, 6) is 0.521. The summed E-state index contributed by atoms with van der Waals surface area (Å²) in [6, 6.07) is 3.04. The molecule has 8 nitrogen and oxygen atoms in total. The van der Waals surface area contributed by atoms with Crippen LogP contribution in [-0.4, -0.2) is 47.9 Å². The van der Waals surface area contributed by atoms with E-state index in [4.69, 9.17) is 15.5 Å². The van der Waals surface area contributed by atoms with Crippen LogP contribution in [0.4, 0.5) is 8.78 Å². The van der Waals surface area contributed by atoms with Crippen LogP contribution in [0.25, 0.3) is 11.6 Å². The van der Waals surface area contributed by atoms with Gasteiger partial charge in [-0.3, -0.25) is 4.90 Å². The van der Waals surface area contributed by atoms with Gasteiger partial charge in [-0.15, -0.1) is 10.2 Å². The van der Waals surface area contributed by atoms with Crippen LogP contribution in [0, 0.1) is 11.6 Å². The number of hydrogen-bond donors (Lipinski definition) is 1. The van der Waals surface area contributed by atoms with Crippen LogP contribution in [0.15, 0.2) is 24.5 Å². The Labute approximate surface area is 172 Å². The highest BCUT2D eigenvalue weighted by molar-refractivity contribution is 5.47. The second-order valence-electron chi connectivity index (χ2n) is 8.03. The summed E-state index contributed by atoms with van der Waals surface area (Å²) in [5, 5.41) is 8.08. The van der Waals surface area contributed by atoms with E-state index in [1.54, 1.807) is 6.33 Å². The van der Waals surface area contributed by atoms with E-state index in [0.717, 1.165) is 41.7 Å². The molecule has 1 aromatic carbocycles. The lowest BCUT2D eigenvalue weighted by Crippen LogP contribution is -2.47. The predicted molar refractivity (Wildman–Crippen MR) is 104 cm³/mol. The van der Waals surface area contributed by atoms with Gasteiger partial charge in [0.1, 0.15) is 24.1 Å². The van der Waals surface area contributed by atoms with Gasteiger partial charge in [0.05, 0.1) is 18.0 Å². The summed E-state index contributed by atoms with van der Waals surface area (Å²) in [5.41, 5.74) is 8.63. The third-order valence-corrected chi connectivity index (χ3v) is 6.10. The second-order valence-corrected chi connectivity index (χ2v) is 8.03. The molecule has 0 radical (unpaired) electrons. The first kappa shape index (κ1) is 19.3. The van der Waals surface area contributed by atoms with Gasteiger partial charge in [-0.25, -0.2) is 13.8 Å². The number of benzene rings is 1. The van der Waals surface area contributed by atoms with Crippen LogP contribution in [0.3, 0.4) is 0 Å². The van der Waals surface area contributed by atoms with Gasteiger partial charge in [-0.2, -0.15) is 0 Å². The van der Waals surface area contributed by atoms with Crippen LogP contribution in [0.5, 0.6) is 0 Å². The van der Waals surface area contributed by atoms with Gasteiger partial charge in [0.25, 0.3) is 0 Å². The molecule has 30 heavy (non-hydrogen) atoms. The van der Waals surface area contributed by atoms with Gasteiger partial charge < -0.3 is 19.6 Å². The molecule has 5 rings (SSSR count). The van der Waals surface area contributed by atoms with Crippen molar-refractivity contribution < 1.29 is 13.5 Å². The summed E-state index contributed by atoms with van der Waals surface area (Å²) in [6.07, 6.45) is 1.63. The number of nitrogens with two attached hydrogens (primary N) is 1. The number of halogens is 2. The monoisotopic (exact) mass is 415 g/mol. The Bertz CT molecular complexity index is 1100. The summed E-state index contributed by atoms with van der Waals surface area (Å²) in [7, 11) is 3.87. The lowest BCUT2D eigenvalue weighted by Gasteiger charge is -2.38. The van der Waals surface area contributed by atoms with Gasteiger partial charge in [0.2, 0.25) is 0 Å². The third-order valence-electron chi connectivity index (χ3n) is 6.10. The van der Waals surface area contributed by atoms with Crippen molar-refractivity contribution in [3.8, 4) is 11.6 Å². The van der Waals surface area contributed by atoms with Gasteiger partial charge in [-0.1, -0.05) is 0 Å². The largest absolute Gasteiger partial charge is 0.370 e. The molecule has 1 fully saturated rings. The number of aryl methyl sites for hydroxylation is 1. The third kappa shape index (κ3) is 3.11. The zero-order valence-corrected chi connectivity index (χ0v) is 16.8. The van der Waals surface area contributed by atoms with E-state index >= 15 is 0 Å². The maximum absolute atomic E-state index is 14.2. The van der Waals surface area contributed by atoms with Crippen LogP contribution in [-0.2, 0) is 31.9 Å². The number of aromatic nitrogens is 5. The van der Waals surface area contributed by atoms with Crippen LogP contribution in [0.1, 0.15) is 29.5 Å². The second kappa shape index (κ2) is 7.22. The average molecular weight is 415 g/mol. The molecule has 2 aromatic heterocycles. The van der Waals surface area contributed by atoms with Crippen molar-refractivity contribution in [2.45, 2.75) is 37.7 Å². The van der Waals surface area contributed by atoms with Crippen molar-refractivity contribution in [2.75, 3.05) is 6.61 Å². The molecule has 1 saturated heterocycles. The molecule has 158 valence electrons. The number of nitrogens with zero attached hydrogens (tertiary/aromatic N) is 6. The van der Waals surface area contributed by atoms with Gasteiger partial charge in [0, 0.05) is 44.8 Å². The lowest BCUT2D eigenvalue weighted by atomic mass is 9.93. The van der Waals surface area contributed by atoms with Crippen molar-refractivity contribution >= 4 is 0 Å². The Kier molecular flexibility index (Phi) is 4.64. The number of fused-ring (bicyclic) bond motifs is 1. The van der Waals surface area contributed by atoms with Gasteiger partial charge in [0.15, 0.2) is 11.6 Å². The summed E-state index contributed by atoms with van der Waals surface area (Å²) in [4.78, 5) is 7.05. The highest BCUT2D eigenvalue weighted by atomic mass is 19.1. The molecule has 4 heterocycles. The Hall–Kier alpha value is -2.69. The molecule has 0 unspecified atom stereocenters. The fourth-order valence-corrected chi connectivity index (χ4v) is 4.45. The Morgan fingerprint density at radius 2 is 2.00 bits per heavy atom. The van der Waals surface area contributed by atoms with Crippen LogP contribution in [0.2, 0.25) is 0 Å². The van der Waals surface area contributed by atoms with E-state index in [0.29, 0.717) is 19.6 Å². The summed E-state index contributed by atoms with van der Waals surface area (Å²) in [6.45, 7) is 1.80. The maximum atomic E-state index is 14.2. The molecular weight excluding hydrogens is 392 g/mol. The molecule has 0 amide bonds. The van der Waals surface area contributed by atoms with Crippen molar-refractivity contribution in [3.05, 3.63) is 53.1 Å². The van der Waals surface area contributed by atoms with E-state index < -0.39 is 23.8 Å². The molecule has 3 atom stereocenters. The zero-order chi connectivity index (χ0) is 21.0. The van der Waals surface area contributed by atoms with Crippen LogP contribution < -0.4 is 5.73 Å².